The summed E-state index contributed by atoms with van der Waals surface area (Å²) in [4.78, 5) is 16.4. The summed E-state index contributed by atoms with van der Waals surface area (Å²) in [7, 11) is 0. The van der Waals surface area contributed by atoms with E-state index in [9.17, 15) is 4.79 Å². The normalized spacial score (nSPS) is 17.1. The molecule has 2 fully saturated rings. The molecule has 0 bridgehead atoms. The minimum Gasteiger partial charge on any atom is -0.477 e. The molecule has 2 saturated carbocycles. The summed E-state index contributed by atoms with van der Waals surface area (Å²) in [6.45, 7) is 1.05. The monoisotopic (exact) mass is 285 g/mol. The van der Waals surface area contributed by atoms with E-state index in [4.69, 9.17) is 10.00 Å². The lowest BCUT2D eigenvalue weighted by Gasteiger charge is -2.11. The van der Waals surface area contributed by atoms with Crippen molar-refractivity contribution in [1.29, 1.82) is 5.26 Å². The van der Waals surface area contributed by atoms with Gasteiger partial charge in [-0.2, -0.15) is 5.26 Å². The molecule has 110 valence electrons. The molecule has 3 rings (SSSR count). The van der Waals surface area contributed by atoms with E-state index in [0.29, 0.717) is 43.0 Å². The molecule has 1 amide bonds. The van der Waals surface area contributed by atoms with Gasteiger partial charge in [0.2, 0.25) is 5.88 Å². The molecule has 1 heterocycles. The maximum Gasteiger partial charge on any atom is 0.270 e. The van der Waals surface area contributed by atoms with Crippen molar-refractivity contribution in [3.63, 3.8) is 0 Å². The van der Waals surface area contributed by atoms with Gasteiger partial charge in [-0.25, -0.2) is 4.98 Å². The molecule has 0 atom stereocenters. The Morgan fingerprint density at radius 1 is 1.38 bits per heavy atom. The van der Waals surface area contributed by atoms with Crippen LogP contribution in [0.25, 0.3) is 0 Å². The summed E-state index contributed by atoms with van der Waals surface area (Å²) in [5.74, 6) is 1.58. The van der Waals surface area contributed by atoms with Gasteiger partial charge in [0, 0.05) is 12.1 Å². The van der Waals surface area contributed by atoms with Crippen LogP contribution in [-0.4, -0.2) is 24.0 Å². The number of nitrogens with zero attached hydrogens (tertiary/aromatic N) is 2. The summed E-state index contributed by atoms with van der Waals surface area (Å²) >= 11 is 0. The van der Waals surface area contributed by atoms with Crippen LogP contribution < -0.4 is 10.1 Å². The molecule has 0 unspecified atom stereocenters. The van der Waals surface area contributed by atoms with Gasteiger partial charge in [-0.05, 0) is 43.6 Å². The Kier molecular flexibility index (Phi) is 4.05. The number of hydrogen-bond donors (Lipinski definition) is 1. The first-order chi connectivity index (χ1) is 10.3. The molecule has 5 heteroatoms. The minimum atomic E-state index is -0.246. The van der Waals surface area contributed by atoms with Crippen molar-refractivity contribution in [3.8, 4) is 11.9 Å². The molecule has 1 aromatic rings. The lowest BCUT2D eigenvalue weighted by Crippen LogP contribution is -2.25. The van der Waals surface area contributed by atoms with Crippen LogP contribution >= 0.6 is 0 Å². The lowest BCUT2D eigenvalue weighted by molar-refractivity contribution is 0.0948. The second-order valence-electron chi connectivity index (χ2n) is 5.78. The summed E-state index contributed by atoms with van der Waals surface area (Å²) in [6.07, 6.45) is 5.11. The Morgan fingerprint density at radius 2 is 2.19 bits per heavy atom. The number of nitriles is 1. The van der Waals surface area contributed by atoms with Crippen LogP contribution in [-0.2, 0) is 0 Å². The van der Waals surface area contributed by atoms with E-state index in [1.54, 1.807) is 6.07 Å². The van der Waals surface area contributed by atoms with E-state index in [1.165, 1.54) is 25.7 Å². The first-order valence-electron chi connectivity index (χ1n) is 7.57. The number of nitrogens with one attached hydrogen (secondary N) is 1. The highest BCUT2D eigenvalue weighted by Crippen LogP contribution is 2.44. The van der Waals surface area contributed by atoms with Crippen molar-refractivity contribution >= 4 is 5.91 Å². The zero-order chi connectivity index (χ0) is 14.7. The van der Waals surface area contributed by atoms with Crippen LogP contribution in [0.2, 0.25) is 0 Å². The van der Waals surface area contributed by atoms with E-state index in [1.807, 2.05) is 12.1 Å². The van der Waals surface area contributed by atoms with Crippen LogP contribution in [0.3, 0.4) is 0 Å². The third-order valence-corrected chi connectivity index (χ3v) is 3.81. The first-order valence-corrected chi connectivity index (χ1v) is 7.57. The van der Waals surface area contributed by atoms with Crippen molar-refractivity contribution in [3.05, 3.63) is 23.4 Å². The van der Waals surface area contributed by atoms with Crippen molar-refractivity contribution in [1.82, 2.24) is 10.3 Å². The predicted molar refractivity (Wildman–Crippen MR) is 77.0 cm³/mol. The highest BCUT2D eigenvalue weighted by molar-refractivity contribution is 5.92. The van der Waals surface area contributed by atoms with Gasteiger partial charge in [0.05, 0.1) is 19.1 Å². The SMILES string of the molecule is N#CCCNC(=O)c1ccc(C2CC2)c(OCC2CC2)n1. The maximum atomic E-state index is 12.0. The molecule has 0 aliphatic heterocycles. The van der Waals surface area contributed by atoms with Gasteiger partial charge in [0.1, 0.15) is 5.69 Å². The van der Waals surface area contributed by atoms with Crippen molar-refractivity contribution in [2.75, 3.05) is 13.2 Å². The molecule has 0 radical (unpaired) electrons. The van der Waals surface area contributed by atoms with Crippen molar-refractivity contribution in [2.24, 2.45) is 5.92 Å². The molecule has 2 aliphatic rings. The fourth-order valence-corrected chi connectivity index (χ4v) is 2.20. The van der Waals surface area contributed by atoms with Gasteiger partial charge in [-0.1, -0.05) is 6.07 Å². The number of carbonyl (C=O) groups excluding carboxylic acids is 1. The predicted octanol–water partition coefficient (Wildman–Crippen LogP) is 2.39. The fraction of sp³-hybridized carbons (Fsp3) is 0.562. The van der Waals surface area contributed by atoms with E-state index in [-0.39, 0.29) is 5.91 Å². The zero-order valence-electron chi connectivity index (χ0n) is 12.0. The van der Waals surface area contributed by atoms with Crippen LogP contribution in [0.1, 0.15) is 54.1 Å². The fourth-order valence-electron chi connectivity index (χ4n) is 2.20. The maximum absolute atomic E-state index is 12.0. The van der Waals surface area contributed by atoms with Crippen LogP contribution in [0.15, 0.2) is 12.1 Å². The number of rotatable bonds is 7. The van der Waals surface area contributed by atoms with Crippen LogP contribution in [0.4, 0.5) is 0 Å². The van der Waals surface area contributed by atoms with Crippen LogP contribution in [0.5, 0.6) is 5.88 Å². The average molecular weight is 285 g/mol. The lowest BCUT2D eigenvalue weighted by atomic mass is 10.1. The third kappa shape index (κ3) is 3.72. The topological polar surface area (TPSA) is 75.0 Å². The largest absolute Gasteiger partial charge is 0.477 e. The van der Waals surface area contributed by atoms with Gasteiger partial charge in [0.15, 0.2) is 0 Å². The molecule has 0 spiro atoms. The molecule has 0 saturated heterocycles. The molecule has 1 N–H and O–H groups in total. The molecule has 5 nitrogen and oxygen atoms in total. The van der Waals surface area contributed by atoms with Crippen molar-refractivity contribution in [2.45, 2.75) is 38.0 Å². The Morgan fingerprint density at radius 3 is 2.86 bits per heavy atom. The van der Waals surface area contributed by atoms with Crippen LogP contribution in [0, 0.1) is 17.2 Å². The molecule has 1 aromatic heterocycles. The van der Waals surface area contributed by atoms with Gasteiger partial charge < -0.3 is 10.1 Å². The van der Waals surface area contributed by atoms with Gasteiger partial charge in [-0.3, -0.25) is 4.79 Å². The second kappa shape index (κ2) is 6.13. The summed E-state index contributed by atoms with van der Waals surface area (Å²) in [5, 5.41) is 11.2. The number of amides is 1. The van der Waals surface area contributed by atoms with E-state index >= 15 is 0 Å². The number of carbonyl (C=O) groups is 1. The molecule has 2 aliphatic carbocycles. The smallest absolute Gasteiger partial charge is 0.270 e. The van der Waals surface area contributed by atoms with Gasteiger partial charge in [-0.15, -0.1) is 0 Å². The summed E-state index contributed by atoms with van der Waals surface area (Å²) in [5.41, 5.74) is 1.49. The Balaban J connectivity index is 1.70. The minimum absolute atomic E-state index is 0.246. The molecule has 0 aromatic carbocycles. The molecular weight excluding hydrogens is 266 g/mol. The van der Waals surface area contributed by atoms with E-state index in [2.05, 4.69) is 10.3 Å². The Hall–Kier alpha value is -2.09. The number of hydrogen-bond acceptors (Lipinski definition) is 4. The summed E-state index contributed by atoms with van der Waals surface area (Å²) < 4.78 is 5.84. The molecular formula is C16H19N3O2. The summed E-state index contributed by atoms with van der Waals surface area (Å²) in [6, 6.07) is 5.71. The molecule has 21 heavy (non-hydrogen) atoms. The highest BCUT2D eigenvalue weighted by Gasteiger charge is 2.29. The van der Waals surface area contributed by atoms with Crippen molar-refractivity contribution < 1.29 is 9.53 Å². The van der Waals surface area contributed by atoms with E-state index in [0.717, 1.165) is 5.56 Å². The Bertz CT molecular complexity index is 571. The van der Waals surface area contributed by atoms with Gasteiger partial charge >= 0.3 is 0 Å². The van der Waals surface area contributed by atoms with Gasteiger partial charge in [0.25, 0.3) is 5.91 Å². The van der Waals surface area contributed by atoms with E-state index < -0.39 is 0 Å². The average Bonchev–Trinajstić information content (AvgIpc) is 3.39. The number of ether oxygens (including phenoxy) is 1. The number of pyridine rings is 1. The quantitative estimate of drug-likeness (QED) is 0.780. The third-order valence-electron chi connectivity index (χ3n) is 3.81. The highest BCUT2D eigenvalue weighted by atomic mass is 16.5. The number of aromatic nitrogens is 1. The standard InChI is InChI=1S/C16H19N3O2/c17-8-1-9-18-15(20)14-7-6-13(12-4-5-12)16(19-14)21-10-11-2-3-11/h6-7,11-12H,1-5,9-10H2,(H,18,20). The Labute approximate surface area is 124 Å². The second-order valence-corrected chi connectivity index (χ2v) is 5.78. The zero-order valence-corrected chi connectivity index (χ0v) is 12.0. The first kappa shape index (κ1) is 13.9.